The zero-order chi connectivity index (χ0) is 12.8. The highest BCUT2D eigenvalue weighted by molar-refractivity contribution is 7.09. The number of hydrogen-bond acceptors (Lipinski definition) is 5. The van der Waals surface area contributed by atoms with Crippen molar-refractivity contribution < 1.29 is 4.52 Å². The highest BCUT2D eigenvalue weighted by Crippen LogP contribution is 2.38. The van der Waals surface area contributed by atoms with Crippen molar-refractivity contribution in [1.82, 2.24) is 14.7 Å². The molecular formula is C13H15N3O2S. The van der Waals surface area contributed by atoms with E-state index in [1.807, 2.05) is 4.57 Å². The van der Waals surface area contributed by atoms with Gasteiger partial charge in [0.15, 0.2) is 5.82 Å². The maximum absolute atomic E-state index is 12.1. The molecule has 0 aromatic carbocycles. The number of nitrogens with zero attached hydrogens (tertiary/aromatic N) is 3. The number of fused-ring (bicyclic) bond motifs is 1. The highest BCUT2D eigenvalue weighted by atomic mass is 32.1. The Morgan fingerprint density at radius 2 is 2.16 bits per heavy atom. The van der Waals surface area contributed by atoms with Gasteiger partial charge in [0.05, 0.1) is 6.54 Å². The average molecular weight is 277 g/mol. The molecule has 0 atom stereocenters. The molecule has 5 nitrogen and oxygen atoms in total. The molecule has 2 aromatic rings. The van der Waals surface area contributed by atoms with Crippen LogP contribution in [0, 0.1) is 0 Å². The molecule has 1 fully saturated rings. The van der Waals surface area contributed by atoms with Gasteiger partial charge in [-0.2, -0.15) is 4.98 Å². The molecule has 2 aromatic heterocycles. The van der Waals surface area contributed by atoms with Crippen LogP contribution in [0.25, 0.3) is 0 Å². The van der Waals surface area contributed by atoms with Gasteiger partial charge in [0.25, 0.3) is 0 Å². The Morgan fingerprint density at radius 3 is 3.00 bits per heavy atom. The minimum atomic E-state index is 0.115. The van der Waals surface area contributed by atoms with E-state index in [4.69, 9.17) is 4.52 Å². The topological polar surface area (TPSA) is 60.9 Å². The summed E-state index contributed by atoms with van der Waals surface area (Å²) in [5.74, 6) is 1.84. The minimum Gasteiger partial charge on any atom is -0.339 e. The lowest BCUT2D eigenvalue weighted by Gasteiger charge is -2.12. The van der Waals surface area contributed by atoms with Gasteiger partial charge in [0, 0.05) is 16.5 Å². The molecular weight excluding hydrogens is 262 g/mol. The van der Waals surface area contributed by atoms with Crippen molar-refractivity contribution in [1.29, 1.82) is 0 Å². The molecule has 6 heteroatoms. The largest absolute Gasteiger partial charge is 0.339 e. The molecule has 0 unspecified atom stereocenters. The first-order chi connectivity index (χ1) is 9.31. The summed E-state index contributed by atoms with van der Waals surface area (Å²) < 4.78 is 7.08. The van der Waals surface area contributed by atoms with E-state index in [1.54, 1.807) is 0 Å². The van der Waals surface area contributed by atoms with Crippen molar-refractivity contribution in [2.45, 2.75) is 51.0 Å². The first-order valence-corrected chi connectivity index (χ1v) is 7.67. The second-order valence-electron chi connectivity index (χ2n) is 5.35. The Balaban J connectivity index is 1.64. The lowest BCUT2D eigenvalue weighted by Crippen LogP contribution is -2.18. The SMILES string of the molecule is O=c1sc2c(n1Cc1noc(C3CC3)n1)CCCC2. The van der Waals surface area contributed by atoms with Crippen molar-refractivity contribution in [3.05, 3.63) is 32.0 Å². The molecule has 0 bridgehead atoms. The zero-order valence-corrected chi connectivity index (χ0v) is 11.4. The summed E-state index contributed by atoms with van der Waals surface area (Å²) in [5.41, 5.74) is 1.19. The van der Waals surface area contributed by atoms with Crippen LogP contribution in [0.3, 0.4) is 0 Å². The average Bonchev–Trinajstić information content (AvgIpc) is 3.09. The van der Waals surface area contributed by atoms with E-state index in [2.05, 4.69) is 10.1 Å². The molecule has 4 rings (SSSR count). The predicted octanol–water partition coefficient (Wildman–Crippen LogP) is 2.10. The Labute approximate surface area is 114 Å². The van der Waals surface area contributed by atoms with Gasteiger partial charge in [-0.05, 0) is 38.5 Å². The first kappa shape index (κ1) is 11.4. The molecule has 0 spiro atoms. The van der Waals surface area contributed by atoms with Crippen molar-refractivity contribution in [3.63, 3.8) is 0 Å². The summed E-state index contributed by atoms with van der Waals surface area (Å²) in [7, 11) is 0. The van der Waals surface area contributed by atoms with Gasteiger partial charge in [0.1, 0.15) is 0 Å². The Bertz CT molecular complexity index is 666. The van der Waals surface area contributed by atoms with Gasteiger partial charge in [-0.15, -0.1) is 0 Å². The summed E-state index contributed by atoms with van der Waals surface area (Å²) >= 11 is 1.38. The minimum absolute atomic E-state index is 0.115. The molecule has 2 heterocycles. The lowest BCUT2D eigenvalue weighted by atomic mass is 10.0. The Hall–Kier alpha value is -1.43. The van der Waals surface area contributed by atoms with E-state index in [1.165, 1.54) is 34.7 Å². The first-order valence-electron chi connectivity index (χ1n) is 6.85. The Morgan fingerprint density at radius 1 is 1.32 bits per heavy atom. The van der Waals surface area contributed by atoms with E-state index < -0.39 is 0 Å². The van der Waals surface area contributed by atoms with Gasteiger partial charge in [-0.1, -0.05) is 16.5 Å². The van der Waals surface area contributed by atoms with Crippen LogP contribution in [0.4, 0.5) is 0 Å². The molecule has 2 aliphatic rings. The van der Waals surface area contributed by atoms with Crippen molar-refractivity contribution in [3.8, 4) is 0 Å². The van der Waals surface area contributed by atoms with Crippen LogP contribution in [0.15, 0.2) is 9.32 Å². The Kier molecular flexibility index (Phi) is 2.58. The lowest BCUT2D eigenvalue weighted by molar-refractivity contribution is 0.372. The number of thiazole rings is 1. The normalized spacial score (nSPS) is 18.5. The molecule has 0 saturated heterocycles. The molecule has 0 aliphatic heterocycles. The molecule has 0 N–H and O–H groups in total. The van der Waals surface area contributed by atoms with Crippen LogP contribution in [0.2, 0.25) is 0 Å². The summed E-state index contributed by atoms with van der Waals surface area (Å²) in [4.78, 5) is 17.8. The molecule has 100 valence electrons. The second-order valence-corrected chi connectivity index (χ2v) is 6.40. The van der Waals surface area contributed by atoms with Crippen LogP contribution >= 0.6 is 11.3 Å². The quantitative estimate of drug-likeness (QED) is 0.862. The van der Waals surface area contributed by atoms with Crippen LogP contribution in [-0.4, -0.2) is 14.7 Å². The third-order valence-corrected chi connectivity index (χ3v) is 4.94. The van der Waals surface area contributed by atoms with Gasteiger partial charge >= 0.3 is 4.87 Å². The fraction of sp³-hybridized carbons (Fsp3) is 0.615. The maximum atomic E-state index is 12.1. The smallest absolute Gasteiger partial charge is 0.307 e. The number of aryl methyl sites for hydroxylation is 1. The van der Waals surface area contributed by atoms with E-state index in [-0.39, 0.29) is 4.87 Å². The van der Waals surface area contributed by atoms with Crippen LogP contribution in [0.1, 0.15) is 53.9 Å². The maximum Gasteiger partial charge on any atom is 0.307 e. The summed E-state index contributed by atoms with van der Waals surface area (Å²) in [6.45, 7) is 0.459. The van der Waals surface area contributed by atoms with Gasteiger partial charge < -0.3 is 4.52 Å². The number of hydrogen-bond donors (Lipinski definition) is 0. The van der Waals surface area contributed by atoms with E-state index in [0.717, 1.165) is 31.6 Å². The van der Waals surface area contributed by atoms with Gasteiger partial charge in [0.2, 0.25) is 5.89 Å². The standard InChI is InChI=1S/C13H15N3O2S/c17-13-16(9-3-1-2-4-10(9)19-13)7-11-14-12(18-15-11)8-5-6-8/h8H,1-7H2. The van der Waals surface area contributed by atoms with Crippen molar-refractivity contribution in [2.24, 2.45) is 0 Å². The predicted molar refractivity (Wildman–Crippen MR) is 70.6 cm³/mol. The van der Waals surface area contributed by atoms with Gasteiger partial charge in [-0.25, -0.2) is 0 Å². The van der Waals surface area contributed by atoms with E-state index >= 15 is 0 Å². The summed E-state index contributed by atoms with van der Waals surface area (Å²) in [6, 6.07) is 0. The van der Waals surface area contributed by atoms with E-state index in [9.17, 15) is 4.79 Å². The second kappa shape index (κ2) is 4.30. The molecule has 0 amide bonds. The number of aromatic nitrogens is 3. The van der Waals surface area contributed by atoms with Crippen LogP contribution < -0.4 is 4.87 Å². The van der Waals surface area contributed by atoms with Crippen molar-refractivity contribution in [2.75, 3.05) is 0 Å². The fourth-order valence-corrected chi connectivity index (χ4v) is 3.73. The zero-order valence-electron chi connectivity index (χ0n) is 10.6. The van der Waals surface area contributed by atoms with Crippen molar-refractivity contribution >= 4 is 11.3 Å². The monoisotopic (exact) mass is 277 g/mol. The molecule has 1 saturated carbocycles. The number of rotatable bonds is 3. The van der Waals surface area contributed by atoms with Crippen LogP contribution in [0.5, 0.6) is 0 Å². The summed E-state index contributed by atoms with van der Waals surface area (Å²) in [6.07, 6.45) is 6.71. The molecule has 0 radical (unpaired) electrons. The molecule has 19 heavy (non-hydrogen) atoms. The molecule has 2 aliphatic carbocycles. The van der Waals surface area contributed by atoms with Gasteiger partial charge in [-0.3, -0.25) is 9.36 Å². The third-order valence-electron chi connectivity index (χ3n) is 3.86. The summed E-state index contributed by atoms with van der Waals surface area (Å²) in [5, 5.41) is 4.00. The van der Waals surface area contributed by atoms with E-state index in [0.29, 0.717) is 18.3 Å². The van der Waals surface area contributed by atoms with Crippen LogP contribution in [-0.2, 0) is 19.4 Å². The highest BCUT2D eigenvalue weighted by Gasteiger charge is 2.30. The fourth-order valence-electron chi connectivity index (χ4n) is 2.66. The third kappa shape index (κ3) is 2.04.